The van der Waals surface area contributed by atoms with Gasteiger partial charge >= 0.3 is 5.97 Å². The molecule has 2 aromatic carbocycles. The van der Waals surface area contributed by atoms with Gasteiger partial charge in [-0.2, -0.15) is 21.4 Å². The number of ether oxygens (including phenoxy) is 5. The van der Waals surface area contributed by atoms with E-state index >= 15 is 0 Å². The number of benzene rings is 2. The van der Waals surface area contributed by atoms with E-state index in [2.05, 4.69) is 0 Å². The lowest BCUT2D eigenvalue weighted by molar-refractivity contribution is -0.438. The van der Waals surface area contributed by atoms with E-state index in [1.807, 2.05) is 9.48 Å². The Morgan fingerprint density at radius 1 is 0.690 bits per heavy atom. The molecule has 0 amide bonds. The Hall–Kier alpha value is -3.96. The SMILES string of the molecule is COCCOCCOCCOCCOCCN1/C(=C/C=C/C=C/C2=[N+](CCCCCC(=O)O)c3ccc(S(=O)(=O)[O-])cc3C2(C)CCCS(=O)(=O)[O-])C(C)(CCCS(=O)(=O)O)c2cc(S(=O)(=O)O)ccc21. The average molecular weight is 1080 g/mol. The van der Waals surface area contributed by atoms with Crippen molar-refractivity contribution in [3.8, 4) is 0 Å². The molecule has 2 unspecified atom stereocenters. The highest BCUT2D eigenvalue weighted by molar-refractivity contribution is 7.86. The molecule has 398 valence electrons. The lowest BCUT2D eigenvalue weighted by Gasteiger charge is -2.30. The number of hydrogen-bond acceptors (Lipinski definition) is 17. The van der Waals surface area contributed by atoms with Gasteiger partial charge in [-0.25, -0.2) is 16.8 Å². The molecule has 4 rings (SSSR count). The van der Waals surface area contributed by atoms with Crippen molar-refractivity contribution in [3.63, 3.8) is 0 Å². The van der Waals surface area contributed by atoms with Crippen molar-refractivity contribution >= 4 is 63.5 Å². The van der Waals surface area contributed by atoms with Crippen molar-refractivity contribution in [2.75, 3.05) is 96.1 Å². The van der Waals surface area contributed by atoms with Gasteiger partial charge in [0.25, 0.3) is 20.2 Å². The van der Waals surface area contributed by atoms with E-state index < -0.39 is 73.7 Å². The molecule has 2 heterocycles. The number of aliphatic carboxylic acids is 1. The maximum Gasteiger partial charge on any atom is 0.303 e. The zero-order chi connectivity index (χ0) is 52.5. The van der Waals surface area contributed by atoms with Crippen LogP contribution in [0, 0.1) is 0 Å². The molecular formula is C46H65N2O19S4-. The number of rotatable bonds is 34. The number of allylic oxidation sites excluding steroid dienone is 6. The molecule has 2 aliphatic heterocycles. The largest absolute Gasteiger partial charge is 0.748 e. The van der Waals surface area contributed by atoms with Crippen molar-refractivity contribution in [1.82, 2.24) is 0 Å². The first-order valence-corrected chi connectivity index (χ1v) is 29.0. The van der Waals surface area contributed by atoms with E-state index in [0.29, 0.717) is 99.4 Å². The monoisotopic (exact) mass is 1080 g/mol. The molecule has 0 radical (unpaired) electrons. The summed E-state index contributed by atoms with van der Waals surface area (Å²) in [5.74, 6) is -2.24. The lowest BCUT2D eigenvalue weighted by atomic mass is 9.76. The summed E-state index contributed by atoms with van der Waals surface area (Å²) in [7, 11) is -17.0. The van der Waals surface area contributed by atoms with Crippen LogP contribution in [-0.2, 0) is 79.8 Å². The zero-order valence-corrected chi connectivity index (χ0v) is 43.4. The molecule has 0 aliphatic carbocycles. The van der Waals surface area contributed by atoms with Gasteiger partial charge in [0.05, 0.1) is 90.5 Å². The third kappa shape index (κ3) is 18.2. The summed E-state index contributed by atoms with van der Waals surface area (Å²) in [5, 5.41) is 9.17. The zero-order valence-electron chi connectivity index (χ0n) is 40.1. The predicted molar refractivity (Wildman–Crippen MR) is 260 cm³/mol. The van der Waals surface area contributed by atoms with Crippen LogP contribution in [-0.4, -0.2) is 164 Å². The van der Waals surface area contributed by atoms with Gasteiger partial charge in [0.1, 0.15) is 16.7 Å². The fraction of sp³-hybridized carbons (Fsp3) is 0.565. The summed E-state index contributed by atoms with van der Waals surface area (Å²) >= 11 is 0. The number of carboxylic acids is 1. The molecule has 2 aromatic rings. The van der Waals surface area contributed by atoms with Crippen LogP contribution in [0.25, 0.3) is 0 Å². The maximum atomic E-state index is 12.4. The Labute approximate surface area is 417 Å². The third-order valence-corrected chi connectivity index (χ3v) is 15.4. The molecule has 0 bridgehead atoms. The van der Waals surface area contributed by atoms with Crippen molar-refractivity contribution in [2.24, 2.45) is 0 Å². The van der Waals surface area contributed by atoms with E-state index in [0.717, 1.165) is 0 Å². The number of methoxy groups -OCH3 is 1. The van der Waals surface area contributed by atoms with Gasteiger partial charge in [0, 0.05) is 66.8 Å². The summed E-state index contributed by atoms with van der Waals surface area (Å²) in [6.07, 6.45) is 9.89. The minimum atomic E-state index is -4.92. The highest BCUT2D eigenvalue weighted by Gasteiger charge is 2.48. The standard InChI is InChI=1S/C46H66N2O19S4/c1-45(19-10-32-68(51,52)53)38-34-36(70(57,58)59)15-17-40(38)47(21-9-5-8-14-44(49)50)42(45)12-6-4-7-13-43-46(2,20-11-33-69(54,55)56)39-35-37(71(60,61)62)16-18-41(39)48(43)22-23-64-26-27-66-30-31-67-29-28-65-25-24-63-3/h4,6-7,12-13,15-18,34-35H,5,8-11,14,19-33H2,1-3H3,(H4-,49,50,51,52,53,54,55,56,57,58,59,60,61,62)/p-1. The quantitative estimate of drug-likeness (QED) is 0.0380. The number of unbranched alkanes of at least 4 members (excludes halogenated alkanes) is 2. The van der Waals surface area contributed by atoms with Crippen molar-refractivity contribution in [1.29, 1.82) is 0 Å². The minimum absolute atomic E-state index is 0.0370. The molecule has 2 aliphatic rings. The molecule has 71 heavy (non-hydrogen) atoms. The van der Waals surface area contributed by atoms with Crippen molar-refractivity contribution < 1.29 is 90.0 Å². The van der Waals surface area contributed by atoms with Crippen LogP contribution in [0.15, 0.2) is 82.3 Å². The Kier molecular flexibility index (Phi) is 22.5. The normalized spacial score (nSPS) is 19.2. The van der Waals surface area contributed by atoms with Crippen LogP contribution in [0.2, 0.25) is 0 Å². The van der Waals surface area contributed by atoms with E-state index in [1.54, 1.807) is 51.3 Å². The van der Waals surface area contributed by atoms with Gasteiger partial charge in [-0.15, -0.1) is 0 Å². The molecule has 2 atom stereocenters. The first kappa shape index (κ1) is 59.6. The molecular weight excluding hydrogens is 1010 g/mol. The van der Waals surface area contributed by atoms with Crippen LogP contribution >= 0.6 is 0 Å². The summed E-state index contributed by atoms with van der Waals surface area (Å²) in [5.41, 5.74) is 0.912. The number of anilines is 1. The molecule has 0 aromatic heterocycles. The summed E-state index contributed by atoms with van der Waals surface area (Å²) < 4.78 is 169. The van der Waals surface area contributed by atoms with Gasteiger partial charge in [-0.05, 0) is 94.3 Å². The first-order valence-electron chi connectivity index (χ1n) is 22.9. The van der Waals surface area contributed by atoms with Crippen LogP contribution in [0.1, 0.15) is 76.3 Å². The third-order valence-electron chi connectivity index (χ3n) is 12.2. The van der Waals surface area contributed by atoms with E-state index in [1.165, 1.54) is 36.4 Å². The van der Waals surface area contributed by atoms with E-state index in [9.17, 15) is 56.7 Å². The van der Waals surface area contributed by atoms with E-state index in [4.69, 9.17) is 28.8 Å². The van der Waals surface area contributed by atoms with Gasteiger partial charge in [0.15, 0.2) is 5.71 Å². The molecule has 0 saturated heterocycles. The molecule has 0 saturated carbocycles. The second kappa shape index (κ2) is 26.8. The summed E-state index contributed by atoms with van der Waals surface area (Å²) in [4.78, 5) is 12.2. The second-order valence-electron chi connectivity index (χ2n) is 17.3. The molecule has 3 N–H and O–H groups in total. The second-order valence-corrected chi connectivity index (χ2v) is 23.2. The number of carboxylic acid groups (broad SMARTS) is 1. The first-order chi connectivity index (χ1) is 33.3. The van der Waals surface area contributed by atoms with Crippen LogP contribution < -0.4 is 4.90 Å². The molecule has 0 spiro atoms. The maximum absolute atomic E-state index is 12.4. The molecule has 0 fully saturated rings. The van der Waals surface area contributed by atoms with Crippen molar-refractivity contribution in [3.05, 3.63) is 83.6 Å². The smallest absolute Gasteiger partial charge is 0.303 e. The van der Waals surface area contributed by atoms with Crippen LogP contribution in [0.5, 0.6) is 0 Å². The van der Waals surface area contributed by atoms with Gasteiger partial charge in [0.2, 0.25) is 5.69 Å². The highest BCUT2D eigenvalue weighted by atomic mass is 32.2. The fourth-order valence-electron chi connectivity index (χ4n) is 8.74. The Morgan fingerprint density at radius 2 is 1.27 bits per heavy atom. The highest BCUT2D eigenvalue weighted by Crippen LogP contribution is 2.51. The summed E-state index contributed by atoms with van der Waals surface area (Å²) in [6.45, 7) is 7.17. The van der Waals surface area contributed by atoms with Gasteiger partial charge in [-0.3, -0.25) is 13.9 Å². The Bertz CT molecular complexity index is 2720. The molecule has 21 nitrogen and oxygen atoms in total. The Morgan fingerprint density at radius 3 is 1.85 bits per heavy atom. The number of fused-ring (bicyclic) bond motifs is 2. The van der Waals surface area contributed by atoms with E-state index in [-0.39, 0.29) is 63.4 Å². The Balaban J connectivity index is 1.69. The number of nitrogens with zero attached hydrogens (tertiary/aromatic N) is 2. The summed E-state index contributed by atoms with van der Waals surface area (Å²) in [6, 6.07) is 8.02. The molecule has 25 heteroatoms. The minimum Gasteiger partial charge on any atom is -0.748 e. The average Bonchev–Trinajstić information content (AvgIpc) is 3.64. The van der Waals surface area contributed by atoms with Crippen molar-refractivity contribution in [2.45, 2.75) is 85.8 Å². The lowest BCUT2D eigenvalue weighted by Crippen LogP contribution is -2.32. The fourth-order valence-corrected chi connectivity index (χ4v) is 10.7. The predicted octanol–water partition coefficient (Wildman–Crippen LogP) is 4.32. The van der Waals surface area contributed by atoms with Crippen LogP contribution in [0.3, 0.4) is 0 Å². The number of hydrogen-bond donors (Lipinski definition) is 3. The van der Waals surface area contributed by atoms with Crippen LogP contribution in [0.4, 0.5) is 11.4 Å². The number of carbonyl (C=O) groups is 1. The topological polar surface area (TPSA) is 313 Å². The van der Waals surface area contributed by atoms with Gasteiger partial charge in [-0.1, -0.05) is 18.2 Å². The van der Waals surface area contributed by atoms with Gasteiger partial charge < -0.3 is 42.8 Å².